The average Bonchev–Trinajstić information content (AvgIpc) is 2.18. The van der Waals surface area contributed by atoms with Crippen molar-refractivity contribution >= 4 is 17.3 Å². The Morgan fingerprint density at radius 1 is 1.36 bits per heavy atom. The second-order valence-electron chi connectivity index (χ2n) is 4.33. The number of fused-ring (bicyclic) bond motifs is 1. The second kappa shape index (κ2) is 3.39. The molecule has 0 spiro atoms. The molecule has 0 saturated heterocycles. The average molecular weight is 208 g/mol. The molecule has 74 valence electrons. The first-order valence-electron chi connectivity index (χ1n) is 4.84. The summed E-state index contributed by atoms with van der Waals surface area (Å²) in [5, 5.41) is 0. The van der Waals surface area contributed by atoms with E-state index in [0.29, 0.717) is 5.88 Å². The monoisotopic (exact) mass is 207 g/mol. The second-order valence-corrected chi connectivity index (χ2v) is 4.59. The lowest BCUT2D eigenvalue weighted by Crippen LogP contribution is -2.30. The van der Waals surface area contributed by atoms with Crippen molar-refractivity contribution in [3.8, 4) is 0 Å². The van der Waals surface area contributed by atoms with Crippen LogP contribution in [-0.4, -0.2) is 18.1 Å². The molecule has 0 amide bonds. The van der Waals surface area contributed by atoms with Gasteiger partial charge in [0, 0.05) is 17.5 Å². The van der Waals surface area contributed by atoms with E-state index < -0.39 is 0 Å². The molecule has 1 aliphatic heterocycles. The third kappa shape index (κ3) is 1.46. The number of rotatable bonds is 1. The molecule has 1 aromatic carbocycles. The third-order valence-corrected chi connectivity index (χ3v) is 3.01. The number of aliphatic imine (C=N–C) groups is 1. The van der Waals surface area contributed by atoms with Crippen LogP contribution in [0.3, 0.4) is 0 Å². The fraction of sp³-hybridized carbons (Fsp3) is 0.417. The van der Waals surface area contributed by atoms with Crippen molar-refractivity contribution < 1.29 is 0 Å². The maximum Gasteiger partial charge on any atom is 0.0649 e. The maximum absolute atomic E-state index is 5.87. The lowest BCUT2D eigenvalue weighted by molar-refractivity contribution is 0.532. The number of hydrogen-bond donors (Lipinski definition) is 0. The topological polar surface area (TPSA) is 12.4 Å². The minimum absolute atomic E-state index is 0.145. The van der Waals surface area contributed by atoms with E-state index in [9.17, 15) is 0 Å². The van der Waals surface area contributed by atoms with Gasteiger partial charge in [0.05, 0.1) is 11.6 Å². The van der Waals surface area contributed by atoms with Crippen molar-refractivity contribution in [2.24, 2.45) is 4.99 Å². The maximum atomic E-state index is 5.87. The first-order chi connectivity index (χ1) is 6.65. The summed E-state index contributed by atoms with van der Waals surface area (Å²) in [5.41, 5.74) is 3.76. The van der Waals surface area contributed by atoms with Gasteiger partial charge < -0.3 is 0 Å². The van der Waals surface area contributed by atoms with Crippen LogP contribution < -0.4 is 0 Å². The van der Waals surface area contributed by atoms with Crippen molar-refractivity contribution in [1.29, 1.82) is 0 Å². The van der Waals surface area contributed by atoms with E-state index in [1.165, 1.54) is 11.1 Å². The molecule has 2 rings (SSSR count). The van der Waals surface area contributed by atoms with Crippen molar-refractivity contribution in [3.05, 3.63) is 35.4 Å². The normalized spacial score (nSPS) is 18.6. The lowest BCUT2D eigenvalue weighted by atomic mass is 9.79. The highest BCUT2D eigenvalue weighted by Crippen LogP contribution is 2.31. The quantitative estimate of drug-likeness (QED) is 0.628. The summed E-state index contributed by atoms with van der Waals surface area (Å²) >= 11 is 5.87. The molecule has 0 aliphatic carbocycles. The van der Waals surface area contributed by atoms with Crippen molar-refractivity contribution in [2.45, 2.75) is 19.3 Å². The molecule has 0 N–H and O–H groups in total. The van der Waals surface area contributed by atoms with E-state index >= 15 is 0 Å². The summed E-state index contributed by atoms with van der Waals surface area (Å²) in [6, 6.07) is 8.41. The summed E-state index contributed by atoms with van der Waals surface area (Å²) in [5.74, 6) is 0.507. The van der Waals surface area contributed by atoms with Gasteiger partial charge in [-0.3, -0.25) is 4.99 Å². The van der Waals surface area contributed by atoms with Gasteiger partial charge in [0.15, 0.2) is 0 Å². The molecule has 0 fully saturated rings. The van der Waals surface area contributed by atoms with Crippen molar-refractivity contribution in [3.63, 3.8) is 0 Å². The minimum atomic E-state index is 0.145. The van der Waals surface area contributed by atoms with Gasteiger partial charge in [0.25, 0.3) is 0 Å². The summed E-state index contributed by atoms with van der Waals surface area (Å²) < 4.78 is 0. The molecular formula is C12H14ClN. The fourth-order valence-corrected chi connectivity index (χ4v) is 2.13. The Kier molecular flexibility index (Phi) is 2.36. The van der Waals surface area contributed by atoms with Gasteiger partial charge in [0.1, 0.15) is 0 Å². The van der Waals surface area contributed by atoms with E-state index in [2.05, 4.69) is 37.0 Å². The summed E-state index contributed by atoms with van der Waals surface area (Å²) in [6.07, 6.45) is 0. The Bertz CT molecular complexity index is 380. The van der Waals surface area contributed by atoms with Gasteiger partial charge in [-0.2, -0.15) is 0 Å². The smallest absolute Gasteiger partial charge is 0.0649 e. The zero-order valence-electron chi connectivity index (χ0n) is 8.55. The van der Waals surface area contributed by atoms with Gasteiger partial charge >= 0.3 is 0 Å². The zero-order valence-corrected chi connectivity index (χ0v) is 9.30. The van der Waals surface area contributed by atoms with Crippen LogP contribution in [0.15, 0.2) is 29.3 Å². The fourth-order valence-electron chi connectivity index (χ4n) is 1.90. The molecule has 0 radical (unpaired) electrons. The first-order valence-corrected chi connectivity index (χ1v) is 5.38. The molecule has 0 saturated carbocycles. The molecule has 1 heterocycles. The van der Waals surface area contributed by atoms with E-state index in [1.807, 2.05) is 6.07 Å². The number of nitrogens with zero attached hydrogens (tertiary/aromatic N) is 1. The van der Waals surface area contributed by atoms with E-state index in [1.54, 1.807) is 0 Å². The molecule has 2 heteroatoms. The minimum Gasteiger partial charge on any atom is -0.287 e. The molecule has 1 nitrogen and oxygen atoms in total. The van der Waals surface area contributed by atoms with Crippen LogP contribution in [-0.2, 0) is 5.41 Å². The van der Waals surface area contributed by atoms with Crippen LogP contribution in [0, 0.1) is 0 Å². The van der Waals surface area contributed by atoms with Crippen LogP contribution in [0.4, 0.5) is 0 Å². The molecular weight excluding hydrogens is 194 g/mol. The summed E-state index contributed by atoms with van der Waals surface area (Å²) in [6.45, 7) is 5.28. The SMILES string of the molecule is CC1(C)CN=C(CCl)c2ccccc21. The molecule has 1 aliphatic rings. The Labute approximate surface area is 89.8 Å². The van der Waals surface area contributed by atoms with Crippen LogP contribution in [0.25, 0.3) is 0 Å². The Hall–Kier alpha value is -0.820. The van der Waals surface area contributed by atoms with Gasteiger partial charge in [0.2, 0.25) is 0 Å². The van der Waals surface area contributed by atoms with Gasteiger partial charge in [-0.25, -0.2) is 0 Å². The lowest BCUT2D eigenvalue weighted by Gasteiger charge is -2.30. The molecule has 0 aromatic heterocycles. The predicted molar refractivity (Wildman–Crippen MR) is 61.6 cm³/mol. The Morgan fingerprint density at radius 3 is 2.79 bits per heavy atom. The van der Waals surface area contributed by atoms with E-state index in [-0.39, 0.29) is 5.41 Å². The summed E-state index contributed by atoms with van der Waals surface area (Å²) in [7, 11) is 0. The number of halogens is 1. The highest BCUT2D eigenvalue weighted by molar-refractivity contribution is 6.32. The van der Waals surface area contributed by atoms with Gasteiger partial charge in [-0.05, 0) is 5.56 Å². The van der Waals surface area contributed by atoms with Crippen molar-refractivity contribution in [1.82, 2.24) is 0 Å². The van der Waals surface area contributed by atoms with Gasteiger partial charge in [-0.15, -0.1) is 11.6 Å². The zero-order chi connectivity index (χ0) is 10.2. The molecule has 14 heavy (non-hydrogen) atoms. The molecule has 1 aromatic rings. The highest BCUT2D eigenvalue weighted by Gasteiger charge is 2.28. The number of alkyl halides is 1. The van der Waals surface area contributed by atoms with Crippen LogP contribution in [0.1, 0.15) is 25.0 Å². The van der Waals surface area contributed by atoms with Crippen LogP contribution >= 0.6 is 11.6 Å². The van der Waals surface area contributed by atoms with E-state index in [4.69, 9.17) is 11.6 Å². The van der Waals surface area contributed by atoms with Gasteiger partial charge in [-0.1, -0.05) is 38.1 Å². The Balaban J connectivity index is 2.58. The van der Waals surface area contributed by atoms with E-state index in [0.717, 1.165) is 12.3 Å². The first kappa shape index (κ1) is 9.72. The van der Waals surface area contributed by atoms with Crippen molar-refractivity contribution in [2.75, 3.05) is 12.4 Å². The number of benzene rings is 1. The largest absolute Gasteiger partial charge is 0.287 e. The summed E-state index contributed by atoms with van der Waals surface area (Å²) in [4.78, 5) is 4.53. The standard InChI is InChI=1S/C12H14ClN/c1-12(2)8-14-11(7-13)9-5-3-4-6-10(9)12/h3-6H,7-8H2,1-2H3. The number of hydrogen-bond acceptors (Lipinski definition) is 1. The third-order valence-electron chi connectivity index (χ3n) is 2.76. The molecule has 0 atom stereocenters. The van der Waals surface area contributed by atoms with Crippen LogP contribution in [0.5, 0.6) is 0 Å². The Morgan fingerprint density at radius 2 is 2.07 bits per heavy atom. The molecule has 0 bridgehead atoms. The highest BCUT2D eigenvalue weighted by atomic mass is 35.5. The molecule has 0 unspecified atom stereocenters. The predicted octanol–water partition coefficient (Wildman–Crippen LogP) is 3.01. The van der Waals surface area contributed by atoms with Crippen LogP contribution in [0.2, 0.25) is 0 Å².